The van der Waals surface area contributed by atoms with Crippen LogP contribution in [-0.4, -0.2) is 23.8 Å². The van der Waals surface area contributed by atoms with Crippen LogP contribution in [-0.2, 0) is 20.8 Å². The van der Waals surface area contributed by atoms with E-state index in [1.165, 1.54) is 0 Å². The van der Waals surface area contributed by atoms with Crippen LogP contribution in [0.1, 0.15) is 24.8 Å². The summed E-state index contributed by atoms with van der Waals surface area (Å²) in [5, 5.41) is 4.85. The molecule has 1 heterocycles. The van der Waals surface area contributed by atoms with Gasteiger partial charge >= 0.3 is 0 Å². The molecule has 0 spiro atoms. The molecule has 106 valence electrons. The number of imide groups is 1. The maximum atomic E-state index is 11.8. The van der Waals surface area contributed by atoms with Crippen LogP contribution in [0.15, 0.2) is 24.3 Å². The zero-order chi connectivity index (χ0) is 14.5. The van der Waals surface area contributed by atoms with Crippen molar-refractivity contribution >= 4 is 23.4 Å². The van der Waals surface area contributed by atoms with Gasteiger partial charge < -0.3 is 11.1 Å². The van der Waals surface area contributed by atoms with Crippen molar-refractivity contribution in [2.24, 2.45) is 0 Å². The fourth-order valence-corrected chi connectivity index (χ4v) is 2.04. The minimum Gasteiger partial charge on any atom is -0.399 e. The average molecular weight is 275 g/mol. The summed E-state index contributed by atoms with van der Waals surface area (Å²) in [6.07, 6.45) is 1.49. The highest BCUT2D eigenvalue weighted by Crippen LogP contribution is 2.09. The quantitative estimate of drug-likeness (QED) is 0.536. The molecule has 6 nitrogen and oxygen atoms in total. The van der Waals surface area contributed by atoms with Crippen molar-refractivity contribution in [1.82, 2.24) is 10.6 Å². The van der Waals surface area contributed by atoms with E-state index in [0.29, 0.717) is 24.9 Å². The fraction of sp³-hybridized carbons (Fsp3) is 0.357. The predicted octanol–water partition coefficient (Wildman–Crippen LogP) is 0.123. The Morgan fingerprint density at radius 2 is 2.00 bits per heavy atom. The summed E-state index contributed by atoms with van der Waals surface area (Å²) < 4.78 is 0. The van der Waals surface area contributed by atoms with Gasteiger partial charge in [-0.25, -0.2) is 0 Å². The Morgan fingerprint density at radius 3 is 2.65 bits per heavy atom. The van der Waals surface area contributed by atoms with Gasteiger partial charge in [0.15, 0.2) is 0 Å². The van der Waals surface area contributed by atoms with Crippen molar-refractivity contribution in [3.05, 3.63) is 29.8 Å². The molecule has 2 rings (SSSR count). The summed E-state index contributed by atoms with van der Waals surface area (Å²) in [6, 6.07) is 6.70. The Balaban J connectivity index is 1.79. The number of hydrogen-bond acceptors (Lipinski definition) is 4. The maximum Gasteiger partial charge on any atom is 0.249 e. The number of nitrogens with one attached hydrogen (secondary N) is 2. The largest absolute Gasteiger partial charge is 0.399 e. The lowest BCUT2D eigenvalue weighted by Crippen LogP contribution is -2.52. The molecule has 0 aromatic heterocycles. The normalized spacial score (nSPS) is 18.5. The third-order valence-electron chi connectivity index (χ3n) is 3.19. The highest BCUT2D eigenvalue weighted by atomic mass is 16.2. The molecule has 1 saturated heterocycles. The van der Waals surface area contributed by atoms with Crippen LogP contribution < -0.4 is 16.4 Å². The van der Waals surface area contributed by atoms with Gasteiger partial charge in [0, 0.05) is 18.5 Å². The Hall–Kier alpha value is -2.37. The SMILES string of the molecule is Nc1ccc(CCC(=O)NC2CCC(=O)NC2=O)cc1. The molecule has 4 N–H and O–H groups in total. The molecule has 1 aliphatic heterocycles. The van der Waals surface area contributed by atoms with E-state index < -0.39 is 11.9 Å². The summed E-state index contributed by atoms with van der Waals surface area (Å²) >= 11 is 0. The smallest absolute Gasteiger partial charge is 0.249 e. The van der Waals surface area contributed by atoms with Crippen LogP contribution in [0.4, 0.5) is 5.69 Å². The number of piperidine rings is 1. The molecular weight excluding hydrogens is 258 g/mol. The third kappa shape index (κ3) is 3.81. The topological polar surface area (TPSA) is 101 Å². The van der Waals surface area contributed by atoms with Crippen LogP contribution in [0, 0.1) is 0 Å². The number of aryl methyl sites for hydroxylation is 1. The molecule has 3 amide bonds. The monoisotopic (exact) mass is 275 g/mol. The predicted molar refractivity (Wildman–Crippen MR) is 73.5 cm³/mol. The highest BCUT2D eigenvalue weighted by Gasteiger charge is 2.27. The molecule has 1 unspecified atom stereocenters. The number of rotatable bonds is 4. The zero-order valence-corrected chi connectivity index (χ0v) is 11.0. The van der Waals surface area contributed by atoms with E-state index >= 15 is 0 Å². The third-order valence-corrected chi connectivity index (χ3v) is 3.19. The lowest BCUT2D eigenvalue weighted by atomic mass is 10.1. The molecule has 0 radical (unpaired) electrons. The summed E-state index contributed by atoms with van der Waals surface area (Å²) in [4.78, 5) is 34.3. The lowest BCUT2D eigenvalue weighted by Gasteiger charge is -2.21. The maximum absolute atomic E-state index is 11.8. The molecule has 1 aromatic rings. The van der Waals surface area contributed by atoms with Crippen molar-refractivity contribution in [3.8, 4) is 0 Å². The minimum absolute atomic E-state index is 0.198. The van der Waals surface area contributed by atoms with Gasteiger partial charge in [-0.2, -0.15) is 0 Å². The van der Waals surface area contributed by atoms with Crippen LogP contribution in [0.5, 0.6) is 0 Å². The van der Waals surface area contributed by atoms with Crippen molar-refractivity contribution in [2.75, 3.05) is 5.73 Å². The summed E-state index contributed by atoms with van der Waals surface area (Å²) in [7, 11) is 0. The highest BCUT2D eigenvalue weighted by molar-refractivity contribution is 6.01. The molecule has 0 saturated carbocycles. The van der Waals surface area contributed by atoms with Crippen molar-refractivity contribution in [2.45, 2.75) is 31.7 Å². The van der Waals surface area contributed by atoms with E-state index in [1.807, 2.05) is 12.1 Å². The van der Waals surface area contributed by atoms with E-state index in [2.05, 4.69) is 10.6 Å². The van der Waals surface area contributed by atoms with Crippen molar-refractivity contribution < 1.29 is 14.4 Å². The number of anilines is 1. The van der Waals surface area contributed by atoms with Crippen molar-refractivity contribution in [3.63, 3.8) is 0 Å². The van der Waals surface area contributed by atoms with Gasteiger partial charge in [-0.15, -0.1) is 0 Å². The Kier molecular flexibility index (Phi) is 4.34. The van der Waals surface area contributed by atoms with E-state index in [-0.39, 0.29) is 18.2 Å². The second-order valence-electron chi connectivity index (χ2n) is 4.81. The first-order chi connectivity index (χ1) is 9.54. The number of benzene rings is 1. The van der Waals surface area contributed by atoms with E-state index in [9.17, 15) is 14.4 Å². The Labute approximate surface area is 116 Å². The molecule has 6 heteroatoms. The molecular formula is C14H17N3O3. The summed E-state index contributed by atoms with van der Waals surface area (Å²) in [5.74, 6) is -0.916. The zero-order valence-electron chi connectivity index (χ0n) is 11.0. The second-order valence-corrected chi connectivity index (χ2v) is 4.81. The van der Waals surface area contributed by atoms with Gasteiger partial charge in [0.1, 0.15) is 6.04 Å². The van der Waals surface area contributed by atoms with Crippen LogP contribution in [0.2, 0.25) is 0 Å². The Bertz CT molecular complexity index is 525. The number of nitrogen functional groups attached to an aromatic ring is 1. The van der Waals surface area contributed by atoms with E-state index in [4.69, 9.17) is 5.73 Å². The molecule has 1 fully saturated rings. The van der Waals surface area contributed by atoms with Gasteiger partial charge in [-0.3, -0.25) is 19.7 Å². The summed E-state index contributed by atoms with van der Waals surface area (Å²) in [6.45, 7) is 0. The summed E-state index contributed by atoms with van der Waals surface area (Å²) in [5.41, 5.74) is 7.28. The number of nitrogens with two attached hydrogens (primary N) is 1. The molecule has 0 bridgehead atoms. The lowest BCUT2D eigenvalue weighted by molar-refractivity contribution is -0.137. The standard InChI is InChI=1S/C14H17N3O3/c15-10-4-1-9(2-5-10)3-7-12(18)16-11-6-8-13(19)17-14(11)20/h1-2,4-5,11H,3,6-8,15H2,(H,16,18)(H,17,19,20). The Morgan fingerprint density at radius 1 is 1.30 bits per heavy atom. The fourth-order valence-electron chi connectivity index (χ4n) is 2.04. The average Bonchev–Trinajstić information content (AvgIpc) is 2.41. The molecule has 1 aromatic carbocycles. The first kappa shape index (κ1) is 14.0. The van der Waals surface area contributed by atoms with Gasteiger partial charge in [0.25, 0.3) is 0 Å². The van der Waals surface area contributed by atoms with Crippen LogP contribution in [0.25, 0.3) is 0 Å². The van der Waals surface area contributed by atoms with Gasteiger partial charge in [-0.05, 0) is 30.5 Å². The first-order valence-electron chi connectivity index (χ1n) is 6.52. The second kappa shape index (κ2) is 6.18. The molecule has 0 aliphatic carbocycles. The van der Waals surface area contributed by atoms with Crippen molar-refractivity contribution in [1.29, 1.82) is 0 Å². The number of carbonyl (C=O) groups excluding carboxylic acids is 3. The molecule has 20 heavy (non-hydrogen) atoms. The number of amides is 3. The van der Waals surface area contributed by atoms with Crippen LogP contribution in [0.3, 0.4) is 0 Å². The van der Waals surface area contributed by atoms with E-state index in [0.717, 1.165) is 5.56 Å². The minimum atomic E-state index is -0.605. The van der Waals surface area contributed by atoms with E-state index in [1.54, 1.807) is 12.1 Å². The molecule has 1 atom stereocenters. The number of hydrogen-bond donors (Lipinski definition) is 3. The van der Waals surface area contributed by atoms with Crippen LogP contribution >= 0.6 is 0 Å². The molecule has 1 aliphatic rings. The number of carbonyl (C=O) groups is 3. The first-order valence-corrected chi connectivity index (χ1v) is 6.52. The van der Waals surface area contributed by atoms with Gasteiger partial charge in [-0.1, -0.05) is 12.1 Å². The van der Waals surface area contributed by atoms with Gasteiger partial charge in [0.05, 0.1) is 0 Å². The van der Waals surface area contributed by atoms with Gasteiger partial charge in [0.2, 0.25) is 17.7 Å².